The van der Waals surface area contributed by atoms with Gasteiger partial charge in [0, 0.05) is 19.2 Å². The van der Waals surface area contributed by atoms with E-state index in [-0.39, 0.29) is 6.10 Å². The lowest BCUT2D eigenvalue weighted by molar-refractivity contribution is 0.00108. The molecule has 0 aliphatic heterocycles. The second-order valence-corrected chi connectivity index (χ2v) is 4.65. The van der Waals surface area contributed by atoms with Crippen molar-refractivity contribution < 1.29 is 9.84 Å². The van der Waals surface area contributed by atoms with Crippen molar-refractivity contribution in [1.29, 1.82) is 0 Å². The van der Waals surface area contributed by atoms with Gasteiger partial charge in [0.2, 0.25) is 0 Å². The quantitative estimate of drug-likeness (QED) is 0.714. The molecule has 2 aliphatic carbocycles. The standard InChI is InChI=1S/C11H21NO2/c1-14-9-6-8(7-9)12-10-4-2-3-5-11(10)13/h8-13H,2-7H2,1H3. The van der Waals surface area contributed by atoms with Crippen molar-refractivity contribution in [2.45, 2.75) is 62.8 Å². The molecule has 0 heterocycles. The van der Waals surface area contributed by atoms with Gasteiger partial charge in [0.25, 0.3) is 0 Å². The molecule has 2 saturated carbocycles. The molecule has 3 nitrogen and oxygen atoms in total. The maximum absolute atomic E-state index is 9.77. The Hall–Kier alpha value is -0.120. The molecule has 2 fully saturated rings. The first-order valence-electron chi connectivity index (χ1n) is 5.76. The minimum atomic E-state index is -0.120. The van der Waals surface area contributed by atoms with E-state index in [1.165, 1.54) is 12.8 Å². The minimum absolute atomic E-state index is 0.120. The third-order valence-corrected chi connectivity index (χ3v) is 3.61. The van der Waals surface area contributed by atoms with Gasteiger partial charge in [-0.25, -0.2) is 0 Å². The Kier molecular flexibility index (Phi) is 3.42. The third-order valence-electron chi connectivity index (χ3n) is 3.61. The van der Waals surface area contributed by atoms with Crippen molar-refractivity contribution in [3.63, 3.8) is 0 Å². The summed E-state index contributed by atoms with van der Waals surface area (Å²) in [5, 5.41) is 13.3. The van der Waals surface area contributed by atoms with Gasteiger partial charge in [-0.2, -0.15) is 0 Å². The Labute approximate surface area is 85.8 Å². The fourth-order valence-electron chi connectivity index (χ4n) is 2.50. The smallest absolute Gasteiger partial charge is 0.0693 e. The zero-order valence-corrected chi connectivity index (χ0v) is 8.91. The highest BCUT2D eigenvalue weighted by atomic mass is 16.5. The molecular weight excluding hydrogens is 178 g/mol. The zero-order valence-electron chi connectivity index (χ0n) is 8.91. The molecular formula is C11H21NO2. The van der Waals surface area contributed by atoms with Gasteiger partial charge in [-0.1, -0.05) is 12.8 Å². The lowest BCUT2D eigenvalue weighted by atomic mass is 9.85. The normalized spacial score (nSPS) is 43.3. The number of rotatable bonds is 3. The van der Waals surface area contributed by atoms with Gasteiger partial charge in [0.15, 0.2) is 0 Å². The van der Waals surface area contributed by atoms with Crippen LogP contribution in [-0.2, 0) is 4.74 Å². The van der Waals surface area contributed by atoms with E-state index in [4.69, 9.17) is 4.74 Å². The van der Waals surface area contributed by atoms with Crippen LogP contribution in [0.2, 0.25) is 0 Å². The number of ether oxygens (including phenoxy) is 1. The van der Waals surface area contributed by atoms with Crippen LogP contribution in [0.1, 0.15) is 38.5 Å². The number of nitrogens with one attached hydrogen (secondary N) is 1. The maximum Gasteiger partial charge on any atom is 0.0693 e. The number of hydrogen-bond acceptors (Lipinski definition) is 3. The van der Waals surface area contributed by atoms with Gasteiger partial charge in [-0.3, -0.25) is 0 Å². The van der Waals surface area contributed by atoms with Gasteiger partial charge in [0.1, 0.15) is 0 Å². The monoisotopic (exact) mass is 199 g/mol. The van der Waals surface area contributed by atoms with E-state index in [0.29, 0.717) is 18.2 Å². The number of hydrogen-bond donors (Lipinski definition) is 2. The molecule has 0 aromatic carbocycles. The second kappa shape index (κ2) is 4.60. The molecule has 0 aromatic heterocycles. The first-order chi connectivity index (χ1) is 6.79. The van der Waals surface area contributed by atoms with Crippen molar-refractivity contribution in [2.24, 2.45) is 0 Å². The molecule has 0 saturated heterocycles. The average molecular weight is 199 g/mol. The highest BCUT2D eigenvalue weighted by Gasteiger charge is 2.33. The summed E-state index contributed by atoms with van der Waals surface area (Å²) in [6.45, 7) is 0. The van der Waals surface area contributed by atoms with E-state index >= 15 is 0 Å². The SMILES string of the molecule is COC1CC(NC2CCCCC2O)C1. The van der Waals surface area contributed by atoms with E-state index in [2.05, 4.69) is 5.32 Å². The van der Waals surface area contributed by atoms with Gasteiger partial charge >= 0.3 is 0 Å². The van der Waals surface area contributed by atoms with Crippen LogP contribution in [0.15, 0.2) is 0 Å². The van der Waals surface area contributed by atoms with Crippen molar-refractivity contribution in [2.75, 3.05) is 7.11 Å². The van der Waals surface area contributed by atoms with Gasteiger partial charge in [0.05, 0.1) is 12.2 Å². The van der Waals surface area contributed by atoms with Crippen LogP contribution in [0.4, 0.5) is 0 Å². The van der Waals surface area contributed by atoms with E-state index < -0.39 is 0 Å². The summed E-state index contributed by atoms with van der Waals surface area (Å²) in [5.74, 6) is 0. The molecule has 2 atom stereocenters. The molecule has 14 heavy (non-hydrogen) atoms. The Balaban J connectivity index is 1.69. The van der Waals surface area contributed by atoms with Crippen molar-refractivity contribution in [1.82, 2.24) is 5.32 Å². The molecule has 2 rings (SSSR count). The van der Waals surface area contributed by atoms with Gasteiger partial charge < -0.3 is 15.2 Å². The first-order valence-corrected chi connectivity index (χ1v) is 5.76. The summed E-state index contributed by atoms with van der Waals surface area (Å²) in [7, 11) is 1.77. The third kappa shape index (κ3) is 2.27. The maximum atomic E-state index is 9.77. The Bertz CT molecular complexity index is 180. The summed E-state index contributed by atoms with van der Waals surface area (Å²) >= 11 is 0. The molecule has 0 bridgehead atoms. The largest absolute Gasteiger partial charge is 0.392 e. The van der Waals surface area contributed by atoms with Crippen LogP contribution >= 0.6 is 0 Å². The summed E-state index contributed by atoms with van der Waals surface area (Å²) < 4.78 is 5.23. The predicted molar refractivity (Wildman–Crippen MR) is 55.2 cm³/mol. The van der Waals surface area contributed by atoms with Crippen LogP contribution < -0.4 is 5.32 Å². The minimum Gasteiger partial charge on any atom is -0.392 e. The zero-order chi connectivity index (χ0) is 9.97. The number of aliphatic hydroxyl groups is 1. The molecule has 2 N–H and O–H groups in total. The molecule has 2 aliphatic rings. The van der Waals surface area contributed by atoms with Crippen LogP contribution in [0.5, 0.6) is 0 Å². The Morgan fingerprint density at radius 2 is 1.93 bits per heavy atom. The fourth-order valence-corrected chi connectivity index (χ4v) is 2.50. The molecule has 2 unspecified atom stereocenters. The van der Waals surface area contributed by atoms with Crippen LogP contribution in [0.25, 0.3) is 0 Å². The van der Waals surface area contributed by atoms with Crippen molar-refractivity contribution >= 4 is 0 Å². The lowest BCUT2D eigenvalue weighted by Crippen LogP contribution is -2.53. The lowest BCUT2D eigenvalue weighted by Gasteiger charge is -2.40. The van der Waals surface area contributed by atoms with E-state index in [1.54, 1.807) is 7.11 Å². The van der Waals surface area contributed by atoms with Gasteiger partial charge in [-0.05, 0) is 25.7 Å². The van der Waals surface area contributed by atoms with Crippen LogP contribution in [-0.4, -0.2) is 36.5 Å². The molecule has 0 aromatic rings. The van der Waals surface area contributed by atoms with Crippen molar-refractivity contribution in [3.8, 4) is 0 Å². The summed E-state index contributed by atoms with van der Waals surface area (Å²) in [6, 6.07) is 0.921. The molecule has 0 radical (unpaired) electrons. The average Bonchev–Trinajstić information content (AvgIpc) is 2.13. The number of methoxy groups -OCH3 is 1. The molecule has 0 amide bonds. The summed E-state index contributed by atoms with van der Waals surface area (Å²) in [5.41, 5.74) is 0. The molecule has 0 spiro atoms. The summed E-state index contributed by atoms with van der Waals surface area (Å²) in [6.07, 6.45) is 7.10. The van der Waals surface area contributed by atoms with E-state index in [0.717, 1.165) is 25.7 Å². The fraction of sp³-hybridized carbons (Fsp3) is 1.00. The summed E-state index contributed by atoms with van der Waals surface area (Å²) in [4.78, 5) is 0. The molecule has 3 heteroatoms. The molecule has 82 valence electrons. The predicted octanol–water partition coefficient (Wildman–Crippen LogP) is 1.06. The highest BCUT2D eigenvalue weighted by Crippen LogP contribution is 2.26. The van der Waals surface area contributed by atoms with E-state index in [9.17, 15) is 5.11 Å². The Morgan fingerprint density at radius 3 is 2.57 bits per heavy atom. The number of aliphatic hydroxyl groups excluding tert-OH is 1. The topological polar surface area (TPSA) is 41.5 Å². The van der Waals surface area contributed by atoms with Crippen molar-refractivity contribution in [3.05, 3.63) is 0 Å². The van der Waals surface area contributed by atoms with E-state index in [1.807, 2.05) is 0 Å². The van der Waals surface area contributed by atoms with Crippen LogP contribution in [0, 0.1) is 0 Å². The van der Waals surface area contributed by atoms with Gasteiger partial charge in [-0.15, -0.1) is 0 Å². The second-order valence-electron chi connectivity index (χ2n) is 4.65. The highest BCUT2D eigenvalue weighted by molar-refractivity contribution is 4.91. The first kappa shape index (κ1) is 10.4. The van der Waals surface area contributed by atoms with Crippen LogP contribution in [0.3, 0.4) is 0 Å². The Morgan fingerprint density at radius 1 is 1.21 bits per heavy atom.